The highest BCUT2D eigenvalue weighted by Gasteiger charge is 2.27. The fourth-order valence-corrected chi connectivity index (χ4v) is 2.72. The molecule has 0 aromatic heterocycles. The normalized spacial score (nSPS) is 13.9. The van der Waals surface area contributed by atoms with Gasteiger partial charge >= 0.3 is 7.12 Å². The maximum absolute atomic E-state index is 11.1. The van der Waals surface area contributed by atoms with E-state index in [-0.39, 0.29) is 6.54 Å². The molecule has 120 valence electrons. The summed E-state index contributed by atoms with van der Waals surface area (Å²) in [5, 5.41) is 9.59. The van der Waals surface area contributed by atoms with Crippen LogP contribution >= 0.6 is 0 Å². The number of hydrogen-bond donors (Lipinski definition) is 2. The van der Waals surface area contributed by atoms with Crippen LogP contribution < -0.4 is 14.9 Å². The predicted molar refractivity (Wildman–Crippen MR) is 87.0 cm³/mol. The van der Waals surface area contributed by atoms with Crippen molar-refractivity contribution in [2.24, 2.45) is 0 Å². The molecule has 0 saturated heterocycles. The molecule has 0 spiro atoms. The molecule has 2 N–H and O–H groups in total. The van der Waals surface area contributed by atoms with Crippen molar-refractivity contribution in [3.05, 3.63) is 53.6 Å². The second-order valence-corrected chi connectivity index (χ2v) is 7.20. The lowest BCUT2D eigenvalue weighted by molar-refractivity contribution is 0.275. The first-order valence-corrected chi connectivity index (χ1v) is 8.94. The van der Waals surface area contributed by atoms with Gasteiger partial charge in [-0.1, -0.05) is 18.2 Å². The Kier molecular flexibility index (Phi) is 4.40. The van der Waals surface area contributed by atoms with Crippen LogP contribution in [-0.2, 0) is 27.8 Å². The Labute approximate surface area is 135 Å². The third-order valence-corrected chi connectivity index (χ3v) is 4.14. The van der Waals surface area contributed by atoms with Crippen LogP contribution in [0.15, 0.2) is 42.5 Å². The van der Waals surface area contributed by atoms with E-state index in [1.165, 1.54) is 0 Å². The monoisotopic (exact) mass is 333 g/mol. The first-order valence-electron chi connectivity index (χ1n) is 7.05. The van der Waals surface area contributed by atoms with Crippen LogP contribution in [0, 0.1) is 0 Å². The van der Waals surface area contributed by atoms with Gasteiger partial charge in [-0.15, -0.1) is 0 Å². The van der Waals surface area contributed by atoms with Crippen molar-refractivity contribution in [3.8, 4) is 11.5 Å². The summed E-state index contributed by atoms with van der Waals surface area (Å²) in [6, 6.07) is 12.5. The zero-order valence-electron chi connectivity index (χ0n) is 12.5. The smallest absolute Gasteiger partial charge is 0.457 e. The average Bonchev–Trinajstić information content (AvgIpc) is 2.87. The zero-order chi connectivity index (χ0) is 16.4. The van der Waals surface area contributed by atoms with Crippen LogP contribution in [0.25, 0.3) is 0 Å². The van der Waals surface area contributed by atoms with Crippen LogP contribution in [0.1, 0.15) is 11.1 Å². The SMILES string of the molecule is CS(=O)(=O)NCc1ccc(Oc2ccc3c(c2)COB3O)cc1. The molecule has 1 aliphatic rings. The molecule has 0 aliphatic carbocycles. The van der Waals surface area contributed by atoms with Crippen molar-refractivity contribution in [2.75, 3.05) is 6.26 Å². The highest BCUT2D eigenvalue weighted by molar-refractivity contribution is 7.88. The van der Waals surface area contributed by atoms with Gasteiger partial charge in [-0.25, -0.2) is 13.1 Å². The van der Waals surface area contributed by atoms with Crippen LogP contribution in [0.3, 0.4) is 0 Å². The number of benzene rings is 2. The summed E-state index contributed by atoms with van der Waals surface area (Å²) in [6.07, 6.45) is 1.12. The van der Waals surface area contributed by atoms with Crippen LogP contribution in [-0.4, -0.2) is 26.8 Å². The van der Waals surface area contributed by atoms with E-state index in [1.807, 2.05) is 6.07 Å². The van der Waals surface area contributed by atoms with Crippen molar-refractivity contribution in [1.82, 2.24) is 4.72 Å². The molecule has 0 unspecified atom stereocenters. The topological polar surface area (TPSA) is 84.9 Å². The number of sulfonamides is 1. The quantitative estimate of drug-likeness (QED) is 0.789. The van der Waals surface area contributed by atoms with E-state index in [0.29, 0.717) is 18.1 Å². The first kappa shape index (κ1) is 16.0. The summed E-state index contributed by atoms with van der Waals surface area (Å²) < 4.78 is 35.5. The van der Waals surface area contributed by atoms with Crippen LogP contribution in [0.2, 0.25) is 0 Å². The van der Waals surface area contributed by atoms with Gasteiger partial charge < -0.3 is 14.4 Å². The van der Waals surface area contributed by atoms with Gasteiger partial charge in [0.25, 0.3) is 0 Å². The van der Waals surface area contributed by atoms with Gasteiger partial charge in [0.1, 0.15) is 11.5 Å². The molecule has 6 nitrogen and oxygen atoms in total. The van der Waals surface area contributed by atoms with E-state index in [0.717, 1.165) is 22.8 Å². The van der Waals surface area contributed by atoms with Crippen molar-refractivity contribution in [1.29, 1.82) is 0 Å². The van der Waals surface area contributed by atoms with Crippen molar-refractivity contribution in [2.45, 2.75) is 13.2 Å². The van der Waals surface area contributed by atoms with Gasteiger partial charge in [0.2, 0.25) is 10.0 Å². The molecule has 23 heavy (non-hydrogen) atoms. The van der Waals surface area contributed by atoms with E-state index >= 15 is 0 Å². The Morgan fingerprint density at radius 3 is 2.61 bits per heavy atom. The van der Waals surface area contributed by atoms with Gasteiger partial charge in [-0.3, -0.25) is 0 Å². The predicted octanol–water partition coefficient (Wildman–Crippen LogP) is 0.746. The summed E-state index contributed by atoms with van der Waals surface area (Å²) >= 11 is 0. The largest absolute Gasteiger partial charge is 0.491 e. The van der Waals surface area contributed by atoms with E-state index in [2.05, 4.69) is 4.72 Å². The maximum Gasteiger partial charge on any atom is 0.491 e. The first-order chi connectivity index (χ1) is 10.9. The standard InChI is InChI=1S/C15H16BNO5S/c1-23(19,20)17-9-11-2-4-13(5-3-11)22-14-6-7-15-12(8-14)10-21-16(15)18/h2-8,17-18H,9-10H2,1H3. The fraction of sp³-hybridized carbons (Fsp3) is 0.200. The summed E-state index contributed by atoms with van der Waals surface area (Å²) in [5.74, 6) is 1.30. The second kappa shape index (κ2) is 6.33. The van der Waals surface area contributed by atoms with Gasteiger partial charge in [0.15, 0.2) is 0 Å². The zero-order valence-corrected chi connectivity index (χ0v) is 13.3. The molecule has 0 fully saturated rings. The molecule has 0 radical (unpaired) electrons. The fourth-order valence-electron chi connectivity index (χ4n) is 2.30. The Morgan fingerprint density at radius 2 is 1.91 bits per heavy atom. The second-order valence-electron chi connectivity index (χ2n) is 5.36. The minimum atomic E-state index is -3.20. The summed E-state index contributed by atoms with van der Waals surface area (Å²) in [4.78, 5) is 0. The molecule has 1 aliphatic heterocycles. The molecule has 1 heterocycles. The van der Waals surface area contributed by atoms with Crippen molar-refractivity contribution >= 4 is 22.6 Å². The van der Waals surface area contributed by atoms with Crippen molar-refractivity contribution in [3.63, 3.8) is 0 Å². The molecule has 2 aromatic carbocycles. The lowest BCUT2D eigenvalue weighted by Crippen LogP contribution is -2.27. The molecule has 8 heteroatoms. The molecule has 0 bridgehead atoms. The molecule has 0 atom stereocenters. The minimum Gasteiger partial charge on any atom is -0.457 e. The number of hydrogen-bond acceptors (Lipinski definition) is 5. The summed E-state index contributed by atoms with van der Waals surface area (Å²) in [6.45, 7) is 0.608. The van der Waals surface area contributed by atoms with Crippen molar-refractivity contribution < 1.29 is 22.8 Å². The Bertz CT molecular complexity index is 807. The number of ether oxygens (including phenoxy) is 1. The molecular formula is C15H16BNO5S. The summed E-state index contributed by atoms with van der Waals surface area (Å²) in [7, 11) is -4.07. The molecule has 3 rings (SSSR count). The third kappa shape index (κ3) is 4.11. The number of nitrogens with one attached hydrogen (secondary N) is 1. The number of rotatable bonds is 5. The highest BCUT2D eigenvalue weighted by atomic mass is 32.2. The van der Waals surface area contributed by atoms with E-state index in [9.17, 15) is 13.4 Å². The Morgan fingerprint density at radius 1 is 1.22 bits per heavy atom. The average molecular weight is 333 g/mol. The third-order valence-electron chi connectivity index (χ3n) is 3.47. The molecule has 2 aromatic rings. The molecule has 0 amide bonds. The highest BCUT2D eigenvalue weighted by Crippen LogP contribution is 2.24. The van der Waals surface area contributed by atoms with Crippen LogP contribution in [0.4, 0.5) is 0 Å². The van der Waals surface area contributed by atoms with E-state index in [4.69, 9.17) is 9.39 Å². The van der Waals surface area contributed by atoms with Gasteiger partial charge in [-0.2, -0.15) is 0 Å². The minimum absolute atomic E-state index is 0.243. The summed E-state index contributed by atoms with van der Waals surface area (Å²) in [5.41, 5.74) is 2.51. The van der Waals surface area contributed by atoms with E-state index in [1.54, 1.807) is 36.4 Å². The van der Waals surface area contributed by atoms with Gasteiger partial charge in [-0.05, 0) is 40.9 Å². The van der Waals surface area contributed by atoms with E-state index < -0.39 is 17.1 Å². The lowest BCUT2D eigenvalue weighted by atomic mass is 9.80. The Balaban J connectivity index is 1.67. The van der Waals surface area contributed by atoms with Gasteiger partial charge in [0.05, 0.1) is 12.9 Å². The van der Waals surface area contributed by atoms with Crippen LogP contribution in [0.5, 0.6) is 11.5 Å². The Hall–Kier alpha value is -1.87. The maximum atomic E-state index is 11.1. The molecule has 0 saturated carbocycles. The van der Waals surface area contributed by atoms with Gasteiger partial charge in [0, 0.05) is 6.54 Å². The molecular weight excluding hydrogens is 317 g/mol. The lowest BCUT2D eigenvalue weighted by Gasteiger charge is -2.08. The number of fused-ring (bicyclic) bond motifs is 1.